The van der Waals surface area contributed by atoms with E-state index in [0.717, 1.165) is 36.5 Å². The molecule has 0 saturated carbocycles. The zero-order valence-electron chi connectivity index (χ0n) is 10.2. The summed E-state index contributed by atoms with van der Waals surface area (Å²) in [7, 11) is 1.70. The van der Waals surface area contributed by atoms with Crippen LogP contribution in [0.1, 0.15) is 18.2 Å². The van der Waals surface area contributed by atoms with Crippen molar-refractivity contribution >= 4 is 11.0 Å². The predicted octanol–water partition coefficient (Wildman–Crippen LogP) is 2.52. The predicted molar refractivity (Wildman–Crippen MR) is 67.6 cm³/mol. The van der Waals surface area contributed by atoms with Gasteiger partial charge in [-0.25, -0.2) is 0 Å². The van der Waals surface area contributed by atoms with Gasteiger partial charge in [0.15, 0.2) is 0 Å². The quantitative estimate of drug-likeness (QED) is 0.819. The molecule has 0 spiro atoms. The molecular formula is C14H17NO2. The van der Waals surface area contributed by atoms with Gasteiger partial charge in [0.25, 0.3) is 0 Å². The zero-order valence-corrected chi connectivity index (χ0v) is 10.2. The van der Waals surface area contributed by atoms with Gasteiger partial charge in [0, 0.05) is 23.4 Å². The van der Waals surface area contributed by atoms with E-state index < -0.39 is 0 Å². The fraction of sp³-hybridized carbons (Fsp3) is 0.429. The molecule has 3 nitrogen and oxygen atoms in total. The van der Waals surface area contributed by atoms with Gasteiger partial charge in [-0.3, -0.25) is 0 Å². The Morgan fingerprint density at radius 1 is 1.41 bits per heavy atom. The average Bonchev–Trinajstić information content (AvgIpc) is 2.55. The second kappa shape index (κ2) is 4.08. The first kappa shape index (κ1) is 10.7. The largest absolute Gasteiger partial charge is 0.497 e. The highest BCUT2D eigenvalue weighted by Crippen LogP contribution is 2.31. The maximum atomic E-state index is 5.94. The molecule has 2 heterocycles. The summed E-state index contributed by atoms with van der Waals surface area (Å²) in [5.74, 6) is 2.03. The van der Waals surface area contributed by atoms with Gasteiger partial charge >= 0.3 is 0 Å². The van der Waals surface area contributed by atoms with Gasteiger partial charge in [-0.05, 0) is 38.1 Å². The molecule has 1 aromatic carbocycles. The van der Waals surface area contributed by atoms with Crippen molar-refractivity contribution in [3.63, 3.8) is 0 Å². The lowest BCUT2D eigenvalue weighted by atomic mass is 10.1. The Labute approximate surface area is 101 Å². The van der Waals surface area contributed by atoms with E-state index in [1.54, 1.807) is 7.11 Å². The number of rotatable bonds is 1. The van der Waals surface area contributed by atoms with Crippen LogP contribution in [0.3, 0.4) is 0 Å². The van der Waals surface area contributed by atoms with Gasteiger partial charge in [-0.15, -0.1) is 0 Å². The van der Waals surface area contributed by atoms with Crippen molar-refractivity contribution < 1.29 is 9.15 Å². The highest BCUT2D eigenvalue weighted by molar-refractivity contribution is 5.84. The Bertz CT molecular complexity index is 544. The monoisotopic (exact) mass is 231 g/mol. The summed E-state index contributed by atoms with van der Waals surface area (Å²) in [5.41, 5.74) is 2.32. The van der Waals surface area contributed by atoms with E-state index in [9.17, 15) is 0 Å². The molecule has 0 radical (unpaired) electrons. The number of methoxy groups -OCH3 is 1. The molecular weight excluding hydrogens is 214 g/mol. The fourth-order valence-electron chi connectivity index (χ4n) is 2.54. The average molecular weight is 231 g/mol. The smallest absolute Gasteiger partial charge is 0.134 e. The highest BCUT2D eigenvalue weighted by atomic mass is 16.5. The van der Waals surface area contributed by atoms with Crippen LogP contribution in [-0.2, 0) is 12.8 Å². The molecule has 2 aromatic rings. The molecule has 1 unspecified atom stereocenters. The number of ether oxygens (including phenoxy) is 1. The van der Waals surface area contributed by atoms with Gasteiger partial charge < -0.3 is 14.5 Å². The molecule has 90 valence electrons. The minimum Gasteiger partial charge on any atom is -0.497 e. The van der Waals surface area contributed by atoms with Crippen LogP contribution in [0.5, 0.6) is 5.75 Å². The molecule has 3 heteroatoms. The Morgan fingerprint density at radius 2 is 2.29 bits per heavy atom. The normalized spacial score (nSPS) is 20.0. The van der Waals surface area contributed by atoms with Crippen molar-refractivity contribution in [2.24, 2.45) is 0 Å². The summed E-state index contributed by atoms with van der Waals surface area (Å²) < 4.78 is 11.2. The molecule has 1 atom stereocenters. The van der Waals surface area contributed by atoms with E-state index in [1.165, 1.54) is 10.9 Å². The van der Waals surface area contributed by atoms with Crippen molar-refractivity contribution in [1.82, 2.24) is 5.32 Å². The molecule has 1 N–H and O–H groups in total. The molecule has 0 bridgehead atoms. The summed E-state index contributed by atoms with van der Waals surface area (Å²) >= 11 is 0. The topological polar surface area (TPSA) is 34.4 Å². The van der Waals surface area contributed by atoms with Crippen LogP contribution in [0, 0.1) is 0 Å². The van der Waals surface area contributed by atoms with E-state index >= 15 is 0 Å². The van der Waals surface area contributed by atoms with E-state index in [1.807, 2.05) is 12.1 Å². The lowest BCUT2D eigenvalue weighted by molar-refractivity contribution is 0.415. The number of hydrogen-bond acceptors (Lipinski definition) is 3. The van der Waals surface area contributed by atoms with Crippen molar-refractivity contribution in [2.75, 3.05) is 13.7 Å². The first-order valence-electron chi connectivity index (χ1n) is 6.09. The van der Waals surface area contributed by atoms with Crippen molar-refractivity contribution in [3.8, 4) is 5.75 Å². The molecule has 0 saturated heterocycles. The molecule has 3 rings (SSSR count). The molecule has 17 heavy (non-hydrogen) atoms. The van der Waals surface area contributed by atoms with E-state index in [0.29, 0.717) is 6.04 Å². The van der Waals surface area contributed by atoms with Crippen molar-refractivity contribution in [2.45, 2.75) is 25.8 Å². The second-order valence-electron chi connectivity index (χ2n) is 4.68. The number of benzene rings is 1. The van der Waals surface area contributed by atoms with E-state index in [4.69, 9.17) is 9.15 Å². The zero-order chi connectivity index (χ0) is 11.8. The Hall–Kier alpha value is -1.48. The first-order chi connectivity index (χ1) is 8.28. The SMILES string of the molecule is COc1ccc2oc3c(c2c1)CCNC(C)C3. The van der Waals surface area contributed by atoms with E-state index in [-0.39, 0.29) is 0 Å². The minimum atomic E-state index is 0.485. The number of nitrogens with one attached hydrogen (secondary N) is 1. The molecule has 0 amide bonds. The number of hydrogen-bond donors (Lipinski definition) is 1. The third-order valence-corrected chi connectivity index (χ3v) is 3.44. The molecule has 1 aliphatic heterocycles. The maximum Gasteiger partial charge on any atom is 0.134 e. The molecule has 1 aromatic heterocycles. The Balaban J connectivity index is 2.15. The third-order valence-electron chi connectivity index (χ3n) is 3.44. The highest BCUT2D eigenvalue weighted by Gasteiger charge is 2.19. The van der Waals surface area contributed by atoms with Crippen molar-refractivity contribution in [3.05, 3.63) is 29.5 Å². The molecule has 0 fully saturated rings. The van der Waals surface area contributed by atoms with Crippen molar-refractivity contribution in [1.29, 1.82) is 0 Å². The van der Waals surface area contributed by atoms with Crippen LogP contribution >= 0.6 is 0 Å². The van der Waals surface area contributed by atoms with E-state index in [2.05, 4.69) is 18.3 Å². The van der Waals surface area contributed by atoms with Gasteiger partial charge in [-0.1, -0.05) is 0 Å². The molecule has 0 aliphatic carbocycles. The van der Waals surface area contributed by atoms with Crippen LogP contribution in [0.2, 0.25) is 0 Å². The minimum absolute atomic E-state index is 0.485. The standard InChI is InChI=1S/C14H17NO2/c1-9-7-14-11(5-6-15-9)12-8-10(16-2)3-4-13(12)17-14/h3-4,8-9,15H,5-7H2,1-2H3. The first-order valence-corrected chi connectivity index (χ1v) is 6.09. The van der Waals surface area contributed by atoms with Crippen LogP contribution in [0.15, 0.2) is 22.6 Å². The fourth-order valence-corrected chi connectivity index (χ4v) is 2.54. The van der Waals surface area contributed by atoms with Crippen LogP contribution in [0.4, 0.5) is 0 Å². The lowest BCUT2D eigenvalue weighted by Crippen LogP contribution is -2.27. The summed E-state index contributed by atoms with van der Waals surface area (Å²) in [4.78, 5) is 0. The van der Waals surface area contributed by atoms with Gasteiger partial charge in [-0.2, -0.15) is 0 Å². The van der Waals surface area contributed by atoms with Crippen LogP contribution in [0.25, 0.3) is 11.0 Å². The van der Waals surface area contributed by atoms with Gasteiger partial charge in [0.1, 0.15) is 17.1 Å². The Kier molecular flexibility index (Phi) is 2.56. The summed E-state index contributed by atoms with van der Waals surface area (Å²) in [6.07, 6.45) is 1.99. The number of fused-ring (bicyclic) bond motifs is 3. The van der Waals surface area contributed by atoms with Crippen LogP contribution in [-0.4, -0.2) is 19.7 Å². The Morgan fingerprint density at radius 3 is 3.12 bits per heavy atom. The third kappa shape index (κ3) is 1.80. The van der Waals surface area contributed by atoms with Gasteiger partial charge in [0.2, 0.25) is 0 Å². The van der Waals surface area contributed by atoms with Gasteiger partial charge in [0.05, 0.1) is 7.11 Å². The maximum absolute atomic E-state index is 5.94. The number of furan rings is 1. The molecule has 1 aliphatic rings. The van der Waals surface area contributed by atoms with Crippen LogP contribution < -0.4 is 10.1 Å². The lowest BCUT2D eigenvalue weighted by Gasteiger charge is -2.07. The summed E-state index contributed by atoms with van der Waals surface area (Å²) in [6.45, 7) is 3.21. The summed E-state index contributed by atoms with van der Waals surface area (Å²) in [6, 6.07) is 6.51. The second-order valence-corrected chi connectivity index (χ2v) is 4.68. The summed E-state index contributed by atoms with van der Waals surface area (Å²) in [5, 5.41) is 4.68.